The lowest BCUT2D eigenvalue weighted by Crippen LogP contribution is -2.23. The van der Waals surface area contributed by atoms with E-state index in [-0.39, 0.29) is 18.1 Å². The predicted octanol–water partition coefficient (Wildman–Crippen LogP) is 1.07. The van der Waals surface area contributed by atoms with E-state index < -0.39 is 0 Å². The molecule has 6 nitrogen and oxygen atoms in total. The van der Waals surface area contributed by atoms with Crippen molar-refractivity contribution in [2.75, 3.05) is 7.11 Å². The fourth-order valence-corrected chi connectivity index (χ4v) is 1.62. The molecule has 2 rings (SSSR count). The van der Waals surface area contributed by atoms with Crippen molar-refractivity contribution in [1.82, 2.24) is 10.3 Å². The van der Waals surface area contributed by atoms with Crippen LogP contribution in [0.25, 0.3) is 0 Å². The third-order valence-corrected chi connectivity index (χ3v) is 2.59. The highest BCUT2D eigenvalue weighted by atomic mass is 16.5. The van der Waals surface area contributed by atoms with Crippen LogP contribution in [0, 0.1) is 0 Å². The molecule has 0 saturated carbocycles. The van der Waals surface area contributed by atoms with Crippen LogP contribution in [-0.2, 0) is 13.1 Å². The van der Waals surface area contributed by atoms with Crippen LogP contribution in [-0.4, -0.2) is 18.0 Å². The molecule has 19 heavy (non-hydrogen) atoms. The van der Waals surface area contributed by atoms with Crippen LogP contribution in [0.4, 0.5) is 0 Å². The number of oxazole rings is 1. The normalized spacial score (nSPS) is 10.2. The number of carbonyl (C=O) groups excluding carboxylic acids is 1. The summed E-state index contributed by atoms with van der Waals surface area (Å²) in [5.74, 6) is 0.752. The SMILES string of the molecule is COc1ccccc1CNC(=O)c1coc(CN)n1. The first-order valence-corrected chi connectivity index (χ1v) is 5.79. The summed E-state index contributed by atoms with van der Waals surface area (Å²) in [5.41, 5.74) is 6.47. The van der Waals surface area contributed by atoms with Gasteiger partial charge in [0.25, 0.3) is 5.91 Å². The maximum Gasteiger partial charge on any atom is 0.273 e. The Labute approximate surface area is 110 Å². The number of methoxy groups -OCH3 is 1. The zero-order valence-corrected chi connectivity index (χ0v) is 10.6. The first kappa shape index (κ1) is 13.1. The molecular formula is C13H15N3O3. The van der Waals surface area contributed by atoms with E-state index in [1.54, 1.807) is 7.11 Å². The van der Waals surface area contributed by atoms with E-state index in [0.717, 1.165) is 11.3 Å². The highest BCUT2D eigenvalue weighted by molar-refractivity contribution is 5.91. The lowest BCUT2D eigenvalue weighted by Gasteiger charge is -2.08. The quantitative estimate of drug-likeness (QED) is 0.840. The first-order chi connectivity index (χ1) is 9.24. The van der Waals surface area contributed by atoms with Crippen molar-refractivity contribution in [1.29, 1.82) is 0 Å². The monoisotopic (exact) mass is 261 g/mol. The molecule has 0 atom stereocenters. The molecule has 0 spiro atoms. The number of rotatable bonds is 5. The maximum absolute atomic E-state index is 11.8. The molecule has 0 unspecified atom stereocenters. The van der Waals surface area contributed by atoms with Gasteiger partial charge < -0.3 is 20.2 Å². The fourth-order valence-electron chi connectivity index (χ4n) is 1.62. The number of nitrogens with zero attached hydrogens (tertiary/aromatic N) is 1. The van der Waals surface area contributed by atoms with Crippen LogP contribution in [0.2, 0.25) is 0 Å². The van der Waals surface area contributed by atoms with Gasteiger partial charge in [0.2, 0.25) is 5.89 Å². The number of ether oxygens (including phenoxy) is 1. The molecule has 100 valence electrons. The summed E-state index contributed by atoms with van der Waals surface area (Å²) >= 11 is 0. The lowest BCUT2D eigenvalue weighted by molar-refractivity contribution is 0.0945. The summed E-state index contributed by atoms with van der Waals surface area (Å²) in [6, 6.07) is 7.47. The zero-order chi connectivity index (χ0) is 13.7. The van der Waals surface area contributed by atoms with E-state index in [2.05, 4.69) is 10.3 Å². The molecule has 3 N–H and O–H groups in total. The minimum Gasteiger partial charge on any atom is -0.496 e. The van der Waals surface area contributed by atoms with Crippen LogP contribution in [0.1, 0.15) is 21.9 Å². The van der Waals surface area contributed by atoms with Gasteiger partial charge in [0, 0.05) is 12.1 Å². The van der Waals surface area contributed by atoms with Crippen molar-refractivity contribution in [3.05, 3.63) is 47.7 Å². The smallest absolute Gasteiger partial charge is 0.273 e. The van der Waals surface area contributed by atoms with Crippen molar-refractivity contribution in [3.8, 4) is 5.75 Å². The minimum atomic E-state index is -0.311. The molecule has 1 heterocycles. The molecule has 0 bridgehead atoms. The van der Waals surface area contributed by atoms with Gasteiger partial charge in [-0.25, -0.2) is 4.98 Å². The van der Waals surface area contributed by atoms with E-state index in [4.69, 9.17) is 14.9 Å². The van der Waals surface area contributed by atoms with Crippen LogP contribution in [0.5, 0.6) is 5.75 Å². The summed E-state index contributed by atoms with van der Waals surface area (Å²) in [4.78, 5) is 15.8. The number of carbonyl (C=O) groups is 1. The van der Waals surface area contributed by atoms with Crippen molar-refractivity contribution < 1.29 is 13.9 Å². The highest BCUT2D eigenvalue weighted by Gasteiger charge is 2.12. The van der Waals surface area contributed by atoms with Gasteiger partial charge in [-0.1, -0.05) is 18.2 Å². The number of nitrogens with two attached hydrogens (primary N) is 1. The number of hydrogen-bond acceptors (Lipinski definition) is 5. The third-order valence-electron chi connectivity index (χ3n) is 2.59. The summed E-state index contributed by atoms with van der Waals surface area (Å²) in [6.45, 7) is 0.521. The molecule has 0 aliphatic carbocycles. The number of aromatic nitrogens is 1. The average Bonchev–Trinajstić information content (AvgIpc) is 2.94. The number of amides is 1. The van der Waals surface area contributed by atoms with E-state index in [1.165, 1.54) is 6.26 Å². The second kappa shape index (κ2) is 6.01. The van der Waals surface area contributed by atoms with Gasteiger partial charge in [0.05, 0.1) is 13.7 Å². The number of hydrogen-bond donors (Lipinski definition) is 2. The van der Waals surface area contributed by atoms with Crippen LogP contribution in [0.3, 0.4) is 0 Å². The van der Waals surface area contributed by atoms with E-state index >= 15 is 0 Å². The number of benzene rings is 1. The Morgan fingerprint density at radius 2 is 2.26 bits per heavy atom. The van der Waals surface area contributed by atoms with Gasteiger partial charge in [-0.3, -0.25) is 4.79 Å². The third kappa shape index (κ3) is 3.11. The zero-order valence-electron chi connectivity index (χ0n) is 10.6. The molecule has 1 amide bonds. The Bertz CT molecular complexity index is 566. The van der Waals surface area contributed by atoms with Crippen molar-refractivity contribution >= 4 is 5.91 Å². The molecule has 0 radical (unpaired) electrons. The number of nitrogens with one attached hydrogen (secondary N) is 1. The van der Waals surface area contributed by atoms with Gasteiger partial charge >= 0.3 is 0 Å². The summed E-state index contributed by atoms with van der Waals surface area (Å²) in [6.07, 6.45) is 1.29. The minimum absolute atomic E-state index is 0.166. The Morgan fingerprint density at radius 3 is 2.95 bits per heavy atom. The van der Waals surface area contributed by atoms with Gasteiger partial charge in [-0.15, -0.1) is 0 Å². The highest BCUT2D eigenvalue weighted by Crippen LogP contribution is 2.16. The van der Waals surface area contributed by atoms with Crippen LogP contribution in [0.15, 0.2) is 34.9 Å². The van der Waals surface area contributed by atoms with Crippen LogP contribution < -0.4 is 15.8 Å². The molecule has 6 heteroatoms. The Kier molecular flexibility index (Phi) is 4.15. The summed E-state index contributed by atoms with van der Waals surface area (Å²) in [7, 11) is 1.59. The van der Waals surface area contributed by atoms with Crippen molar-refractivity contribution in [2.45, 2.75) is 13.1 Å². The second-order valence-corrected chi connectivity index (χ2v) is 3.83. The Balaban J connectivity index is 2.00. The summed E-state index contributed by atoms with van der Waals surface area (Å²) < 4.78 is 10.2. The van der Waals surface area contributed by atoms with E-state index in [1.807, 2.05) is 24.3 Å². The largest absolute Gasteiger partial charge is 0.496 e. The summed E-state index contributed by atoms with van der Waals surface area (Å²) in [5, 5.41) is 2.75. The molecular weight excluding hydrogens is 246 g/mol. The van der Waals surface area contributed by atoms with Crippen molar-refractivity contribution in [2.24, 2.45) is 5.73 Å². The number of para-hydroxylation sites is 1. The Morgan fingerprint density at radius 1 is 1.47 bits per heavy atom. The molecule has 1 aromatic heterocycles. The van der Waals surface area contributed by atoms with Crippen molar-refractivity contribution in [3.63, 3.8) is 0 Å². The second-order valence-electron chi connectivity index (χ2n) is 3.83. The van der Waals surface area contributed by atoms with Gasteiger partial charge in [0.15, 0.2) is 5.69 Å². The molecule has 0 saturated heterocycles. The van der Waals surface area contributed by atoms with Gasteiger partial charge in [-0.2, -0.15) is 0 Å². The average molecular weight is 261 g/mol. The topological polar surface area (TPSA) is 90.4 Å². The molecule has 0 aliphatic heterocycles. The molecule has 2 aromatic rings. The van der Waals surface area contributed by atoms with E-state index in [9.17, 15) is 4.79 Å². The lowest BCUT2D eigenvalue weighted by atomic mass is 10.2. The standard InChI is InChI=1S/C13H15N3O3/c1-18-11-5-3-2-4-9(11)7-15-13(17)10-8-19-12(6-14)16-10/h2-5,8H,6-7,14H2,1H3,(H,15,17). The first-order valence-electron chi connectivity index (χ1n) is 5.79. The maximum atomic E-state index is 11.8. The predicted molar refractivity (Wildman–Crippen MR) is 68.6 cm³/mol. The fraction of sp³-hybridized carbons (Fsp3) is 0.231. The molecule has 1 aromatic carbocycles. The van der Waals surface area contributed by atoms with E-state index in [0.29, 0.717) is 12.4 Å². The van der Waals surface area contributed by atoms with Gasteiger partial charge in [0.1, 0.15) is 12.0 Å². The molecule has 0 aliphatic rings. The van der Waals surface area contributed by atoms with Crippen LogP contribution >= 0.6 is 0 Å². The molecule has 0 fully saturated rings. The Hall–Kier alpha value is -2.34. The van der Waals surface area contributed by atoms with Gasteiger partial charge in [-0.05, 0) is 6.07 Å².